The molecule has 2 aromatic rings. The van der Waals surface area contributed by atoms with Gasteiger partial charge in [0.05, 0.1) is 0 Å². The first-order valence-corrected chi connectivity index (χ1v) is 7.38. The van der Waals surface area contributed by atoms with Crippen LogP contribution < -0.4 is 10.6 Å². The SMILES string of the molecule is CNCCC(=O)Nc1nnc(Cc2cccc(Cl)c2)s1.Cl. The predicted molar refractivity (Wildman–Crippen MR) is 88.6 cm³/mol. The second-order valence-electron chi connectivity index (χ2n) is 4.21. The van der Waals surface area contributed by atoms with Gasteiger partial charge in [-0.05, 0) is 24.7 Å². The predicted octanol–water partition coefficient (Wildman–Crippen LogP) is 2.75. The standard InChI is InChI=1S/C13H15ClN4OS.ClH/c1-15-6-5-11(19)16-13-18-17-12(20-13)8-9-3-2-4-10(14)7-9;/h2-4,7,15H,5-6,8H2,1H3,(H,16,18,19);1H. The molecule has 0 atom stereocenters. The highest BCUT2D eigenvalue weighted by molar-refractivity contribution is 7.15. The molecule has 1 heterocycles. The molecule has 2 rings (SSSR count). The van der Waals surface area contributed by atoms with Crippen LogP contribution in [0.1, 0.15) is 17.0 Å². The van der Waals surface area contributed by atoms with Crippen LogP contribution in [0.5, 0.6) is 0 Å². The van der Waals surface area contributed by atoms with Gasteiger partial charge in [0.1, 0.15) is 5.01 Å². The van der Waals surface area contributed by atoms with Crippen LogP contribution in [0.2, 0.25) is 5.02 Å². The minimum Gasteiger partial charge on any atom is -0.319 e. The molecule has 0 saturated carbocycles. The van der Waals surface area contributed by atoms with Gasteiger partial charge in [-0.25, -0.2) is 0 Å². The number of benzene rings is 1. The molecule has 0 spiro atoms. The van der Waals surface area contributed by atoms with E-state index in [1.165, 1.54) is 11.3 Å². The molecule has 0 aliphatic carbocycles. The number of aromatic nitrogens is 2. The van der Waals surface area contributed by atoms with E-state index in [0.29, 0.717) is 29.5 Å². The van der Waals surface area contributed by atoms with Gasteiger partial charge in [-0.1, -0.05) is 35.1 Å². The molecule has 8 heteroatoms. The zero-order chi connectivity index (χ0) is 14.4. The van der Waals surface area contributed by atoms with Crippen molar-refractivity contribution in [2.45, 2.75) is 12.8 Å². The first-order chi connectivity index (χ1) is 9.67. The summed E-state index contributed by atoms with van der Waals surface area (Å²) in [5.74, 6) is -0.0650. The summed E-state index contributed by atoms with van der Waals surface area (Å²) < 4.78 is 0. The van der Waals surface area contributed by atoms with Crippen molar-refractivity contribution in [2.24, 2.45) is 0 Å². The van der Waals surface area contributed by atoms with E-state index in [-0.39, 0.29) is 18.3 Å². The number of carbonyl (C=O) groups excluding carboxylic acids is 1. The quantitative estimate of drug-likeness (QED) is 0.843. The van der Waals surface area contributed by atoms with Crippen LogP contribution in [0.15, 0.2) is 24.3 Å². The third-order valence-electron chi connectivity index (χ3n) is 2.56. The molecule has 0 unspecified atom stereocenters. The van der Waals surface area contributed by atoms with E-state index in [1.807, 2.05) is 24.3 Å². The normalized spacial score (nSPS) is 10.0. The maximum atomic E-state index is 11.6. The molecular weight excluding hydrogens is 331 g/mol. The molecule has 21 heavy (non-hydrogen) atoms. The van der Waals surface area contributed by atoms with Crippen molar-refractivity contribution in [1.82, 2.24) is 15.5 Å². The van der Waals surface area contributed by atoms with Gasteiger partial charge in [0, 0.05) is 24.4 Å². The van der Waals surface area contributed by atoms with Crippen LogP contribution >= 0.6 is 35.3 Å². The van der Waals surface area contributed by atoms with Crippen LogP contribution in [-0.2, 0) is 11.2 Å². The number of hydrogen-bond acceptors (Lipinski definition) is 5. The monoisotopic (exact) mass is 346 g/mol. The van der Waals surface area contributed by atoms with Gasteiger partial charge in [-0.15, -0.1) is 22.6 Å². The van der Waals surface area contributed by atoms with Crippen molar-refractivity contribution in [3.63, 3.8) is 0 Å². The number of halogens is 2. The lowest BCUT2D eigenvalue weighted by atomic mass is 10.2. The van der Waals surface area contributed by atoms with Gasteiger partial charge in [-0.3, -0.25) is 4.79 Å². The summed E-state index contributed by atoms with van der Waals surface area (Å²) in [4.78, 5) is 11.6. The molecule has 0 bridgehead atoms. The Balaban J connectivity index is 0.00000220. The van der Waals surface area contributed by atoms with Crippen LogP contribution in [-0.4, -0.2) is 29.7 Å². The molecule has 1 aromatic carbocycles. The maximum absolute atomic E-state index is 11.6. The molecule has 0 fully saturated rings. The molecular formula is C13H16Cl2N4OS. The smallest absolute Gasteiger partial charge is 0.227 e. The summed E-state index contributed by atoms with van der Waals surface area (Å²) in [6.07, 6.45) is 1.07. The zero-order valence-electron chi connectivity index (χ0n) is 11.4. The number of nitrogens with zero attached hydrogens (tertiary/aromatic N) is 2. The van der Waals surface area contributed by atoms with E-state index in [9.17, 15) is 4.79 Å². The summed E-state index contributed by atoms with van der Waals surface area (Å²) in [5, 5.41) is 15.8. The van der Waals surface area contributed by atoms with Crippen LogP contribution in [0.4, 0.5) is 5.13 Å². The number of amides is 1. The maximum Gasteiger partial charge on any atom is 0.227 e. The summed E-state index contributed by atoms with van der Waals surface area (Å²) in [7, 11) is 1.81. The summed E-state index contributed by atoms with van der Waals surface area (Å²) >= 11 is 7.32. The average Bonchev–Trinajstić information content (AvgIpc) is 2.83. The molecule has 0 aliphatic rings. The number of hydrogen-bond donors (Lipinski definition) is 2. The largest absolute Gasteiger partial charge is 0.319 e. The van der Waals surface area contributed by atoms with Gasteiger partial charge in [0.25, 0.3) is 0 Å². The fraction of sp³-hybridized carbons (Fsp3) is 0.308. The highest BCUT2D eigenvalue weighted by Gasteiger charge is 2.08. The summed E-state index contributed by atoms with van der Waals surface area (Å²) in [5.41, 5.74) is 1.07. The van der Waals surface area contributed by atoms with E-state index in [0.717, 1.165) is 10.6 Å². The lowest BCUT2D eigenvalue weighted by molar-refractivity contribution is -0.116. The highest BCUT2D eigenvalue weighted by atomic mass is 35.5. The van der Waals surface area contributed by atoms with E-state index in [1.54, 1.807) is 7.05 Å². The van der Waals surface area contributed by atoms with E-state index >= 15 is 0 Å². The Hall–Kier alpha value is -1.21. The number of carbonyl (C=O) groups is 1. The summed E-state index contributed by atoms with van der Waals surface area (Å²) in [6.45, 7) is 0.639. The fourth-order valence-corrected chi connectivity index (χ4v) is 2.62. The van der Waals surface area contributed by atoms with Gasteiger partial charge >= 0.3 is 0 Å². The minimum absolute atomic E-state index is 0. The first kappa shape index (κ1) is 17.8. The molecule has 1 amide bonds. The zero-order valence-corrected chi connectivity index (χ0v) is 13.8. The Morgan fingerprint density at radius 2 is 2.19 bits per heavy atom. The summed E-state index contributed by atoms with van der Waals surface area (Å²) in [6, 6.07) is 7.62. The highest BCUT2D eigenvalue weighted by Crippen LogP contribution is 2.20. The second-order valence-corrected chi connectivity index (χ2v) is 5.71. The van der Waals surface area contributed by atoms with Crippen molar-refractivity contribution in [3.8, 4) is 0 Å². The van der Waals surface area contributed by atoms with Crippen LogP contribution in [0.25, 0.3) is 0 Å². The van der Waals surface area contributed by atoms with E-state index in [4.69, 9.17) is 11.6 Å². The van der Waals surface area contributed by atoms with Gasteiger partial charge in [0.2, 0.25) is 11.0 Å². The van der Waals surface area contributed by atoms with Crippen LogP contribution in [0, 0.1) is 0 Å². The van der Waals surface area contributed by atoms with Crippen LogP contribution in [0.3, 0.4) is 0 Å². The minimum atomic E-state index is -0.0650. The first-order valence-electron chi connectivity index (χ1n) is 6.18. The van der Waals surface area contributed by atoms with Crippen molar-refractivity contribution in [2.75, 3.05) is 18.9 Å². The lowest BCUT2D eigenvalue weighted by Crippen LogP contribution is -2.18. The van der Waals surface area contributed by atoms with E-state index < -0.39 is 0 Å². The van der Waals surface area contributed by atoms with Crippen molar-refractivity contribution in [1.29, 1.82) is 0 Å². The lowest BCUT2D eigenvalue weighted by Gasteiger charge is -1.99. The van der Waals surface area contributed by atoms with Crippen molar-refractivity contribution < 1.29 is 4.79 Å². The number of rotatable bonds is 6. The molecule has 0 aliphatic heterocycles. The Kier molecular flexibility index (Phi) is 7.60. The Bertz CT molecular complexity index is 591. The third-order valence-corrected chi connectivity index (χ3v) is 3.63. The van der Waals surface area contributed by atoms with Gasteiger partial charge < -0.3 is 10.6 Å². The average molecular weight is 347 g/mol. The molecule has 5 nitrogen and oxygen atoms in total. The number of anilines is 1. The molecule has 0 radical (unpaired) electrons. The Morgan fingerprint density at radius 1 is 1.38 bits per heavy atom. The topological polar surface area (TPSA) is 66.9 Å². The molecule has 114 valence electrons. The Morgan fingerprint density at radius 3 is 2.90 bits per heavy atom. The van der Waals surface area contributed by atoms with Gasteiger partial charge in [-0.2, -0.15) is 0 Å². The molecule has 1 aromatic heterocycles. The fourth-order valence-electron chi connectivity index (χ4n) is 1.62. The second kappa shape index (κ2) is 8.94. The van der Waals surface area contributed by atoms with Crippen molar-refractivity contribution >= 4 is 46.4 Å². The van der Waals surface area contributed by atoms with Crippen molar-refractivity contribution in [3.05, 3.63) is 39.9 Å². The molecule has 0 saturated heterocycles. The van der Waals surface area contributed by atoms with Gasteiger partial charge in [0.15, 0.2) is 0 Å². The molecule has 2 N–H and O–H groups in total. The third kappa shape index (κ3) is 5.97. The number of nitrogens with one attached hydrogen (secondary N) is 2. The van der Waals surface area contributed by atoms with E-state index in [2.05, 4.69) is 20.8 Å². The Labute approximate surface area is 138 Å².